The van der Waals surface area contributed by atoms with Crippen LogP contribution in [0, 0.1) is 19.7 Å². The highest BCUT2D eigenvalue weighted by atomic mass is 19.4. The Morgan fingerprint density at radius 2 is 1.73 bits per heavy atom. The SMILES string of the molecule is Cc1cc(OCC(=O)Nc2ccc(C)c(F)c2)nc(-c2ccc(C(F)(F)F)cc2)n1. The van der Waals surface area contributed by atoms with E-state index in [0.29, 0.717) is 16.8 Å². The first-order chi connectivity index (χ1) is 14.1. The van der Waals surface area contributed by atoms with Gasteiger partial charge in [0.05, 0.1) is 5.56 Å². The lowest BCUT2D eigenvalue weighted by molar-refractivity contribution is -0.137. The standard InChI is InChI=1S/C21H17F4N3O2/c1-12-3-8-16(10-17(12)22)27-18(29)11-30-19-9-13(2)26-20(28-19)14-4-6-15(7-5-14)21(23,24)25/h3-10H,11H2,1-2H3,(H,27,29). The minimum atomic E-state index is -4.44. The molecule has 1 amide bonds. The Morgan fingerprint density at radius 1 is 1.03 bits per heavy atom. The number of aryl methyl sites for hydroxylation is 2. The van der Waals surface area contributed by atoms with Crippen molar-refractivity contribution in [3.05, 3.63) is 71.2 Å². The number of nitrogens with one attached hydrogen (secondary N) is 1. The van der Waals surface area contributed by atoms with Gasteiger partial charge in [0, 0.05) is 23.0 Å². The van der Waals surface area contributed by atoms with Gasteiger partial charge in [-0.3, -0.25) is 4.79 Å². The molecule has 0 saturated heterocycles. The summed E-state index contributed by atoms with van der Waals surface area (Å²) < 4.78 is 57.1. The quantitative estimate of drug-likeness (QED) is 0.596. The second-order valence-corrected chi connectivity index (χ2v) is 6.55. The molecule has 30 heavy (non-hydrogen) atoms. The summed E-state index contributed by atoms with van der Waals surface area (Å²) in [6.07, 6.45) is -4.44. The van der Waals surface area contributed by atoms with E-state index in [4.69, 9.17) is 4.74 Å². The molecule has 0 aliphatic rings. The summed E-state index contributed by atoms with van der Waals surface area (Å²) in [7, 11) is 0. The van der Waals surface area contributed by atoms with Crippen molar-refractivity contribution in [2.75, 3.05) is 11.9 Å². The molecule has 2 aromatic carbocycles. The van der Waals surface area contributed by atoms with Gasteiger partial charge in [-0.25, -0.2) is 9.37 Å². The Kier molecular flexibility index (Phi) is 6.00. The molecule has 1 aromatic heterocycles. The van der Waals surface area contributed by atoms with E-state index in [1.807, 2.05) is 0 Å². The number of halogens is 4. The smallest absolute Gasteiger partial charge is 0.416 e. The molecule has 0 aliphatic heterocycles. The zero-order valence-electron chi connectivity index (χ0n) is 16.0. The third-order valence-electron chi connectivity index (χ3n) is 4.11. The fraction of sp³-hybridized carbons (Fsp3) is 0.190. The van der Waals surface area contributed by atoms with Gasteiger partial charge in [-0.1, -0.05) is 18.2 Å². The molecular weight excluding hydrogens is 402 g/mol. The molecular formula is C21H17F4N3O2. The lowest BCUT2D eigenvalue weighted by Gasteiger charge is -2.10. The highest BCUT2D eigenvalue weighted by molar-refractivity contribution is 5.91. The van der Waals surface area contributed by atoms with Crippen LogP contribution in [0.25, 0.3) is 11.4 Å². The van der Waals surface area contributed by atoms with Gasteiger partial charge in [0.1, 0.15) is 5.82 Å². The second-order valence-electron chi connectivity index (χ2n) is 6.55. The Hall–Kier alpha value is -3.49. The van der Waals surface area contributed by atoms with E-state index in [1.165, 1.54) is 30.3 Å². The third-order valence-corrected chi connectivity index (χ3v) is 4.11. The number of anilines is 1. The maximum absolute atomic E-state index is 13.6. The van der Waals surface area contributed by atoms with Crippen LogP contribution in [-0.2, 0) is 11.0 Å². The summed E-state index contributed by atoms with van der Waals surface area (Å²) >= 11 is 0. The van der Waals surface area contributed by atoms with Gasteiger partial charge < -0.3 is 10.1 Å². The molecule has 3 aromatic rings. The average Bonchev–Trinajstić information content (AvgIpc) is 2.68. The van der Waals surface area contributed by atoms with Crippen LogP contribution < -0.4 is 10.1 Å². The van der Waals surface area contributed by atoms with Gasteiger partial charge in [-0.05, 0) is 43.7 Å². The van der Waals surface area contributed by atoms with Crippen molar-refractivity contribution in [2.24, 2.45) is 0 Å². The molecule has 1 heterocycles. The zero-order chi connectivity index (χ0) is 21.9. The van der Waals surface area contributed by atoms with Gasteiger partial charge in [0.25, 0.3) is 5.91 Å². The largest absolute Gasteiger partial charge is 0.467 e. The van der Waals surface area contributed by atoms with Crippen LogP contribution in [0.1, 0.15) is 16.8 Å². The van der Waals surface area contributed by atoms with Gasteiger partial charge in [-0.2, -0.15) is 18.2 Å². The number of aromatic nitrogens is 2. The molecule has 0 bridgehead atoms. The van der Waals surface area contributed by atoms with E-state index < -0.39 is 30.1 Å². The van der Waals surface area contributed by atoms with E-state index in [2.05, 4.69) is 15.3 Å². The predicted octanol–water partition coefficient (Wildman–Crippen LogP) is 4.94. The van der Waals surface area contributed by atoms with Crippen molar-refractivity contribution in [2.45, 2.75) is 20.0 Å². The summed E-state index contributed by atoms with van der Waals surface area (Å²) in [4.78, 5) is 20.4. The Bertz CT molecular complexity index is 1070. The zero-order valence-corrected chi connectivity index (χ0v) is 16.0. The lowest BCUT2D eigenvalue weighted by Crippen LogP contribution is -2.20. The lowest BCUT2D eigenvalue weighted by atomic mass is 10.1. The molecule has 0 unspecified atom stereocenters. The molecule has 0 aliphatic carbocycles. The molecule has 1 N–H and O–H groups in total. The van der Waals surface area contributed by atoms with E-state index in [1.54, 1.807) is 19.9 Å². The van der Waals surface area contributed by atoms with Crippen LogP contribution >= 0.6 is 0 Å². The molecule has 0 spiro atoms. The number of nitrogens with zero attached hydrogens (tertiary/aromatic N) is 2. The molecule has 0 atom stereocenters. The van der Waals surface area contributed by atoms with Crippen molar-refractivity contribution < 1.29 is 27.1 Å². The molecule has 9 heteroatoms. The maximum atomic E-state index is 13.6. The van der Waals surface area contributed by atoms with Crippen LogP contribution in [0.2, 0.25) is 0 Å². The highest BCUT2D eigenvalue weighted by Gasteiger charge is 2.30. The van der Waals surface area contributed by atoms with Gasteiger partial charge in [0.15, 0.2) is 12.4 Å². The van der Waals surface area contributed by atoms with E-state index in [9.17, 15) is 22.4 Å². The van der Waals surface area contributed by atoms with Crippen molar-refractivity contribution in [3.8, 4) is 17.3 Å². The predicted molar refractivity (Wildman–Crippen MR) is 102 cm³/mol. The molecule has 3 rings (SSSR count). The van der Waals surface area contributed by atoms with Gasteiger partial charge in [0.2, 0.25) is 5.88 Å². The van der Waals surface area contributed by atoms with Crippen molar-refractivity contribution >= 4 is 11.6 Å². The number of hydrogen-bond acceptors (Lipinski definition) is 4. The van der Waals surface area contributed by atoms with Crippen LogP contribution in [0.3, 0.4) is 0 Å². The first kappa shape index (κ1) is 21.2. The monoisotopic (exact) mass is 419 g/mol. The van der Waals surface area contributed by atoms with Crippen LogP contribution in [0.15, 0.2) is 48.5 Å². The fourth-order valence-corrected chi connectivity index (χ4v) is 2.56. The summed E-state index contributed by atoms with van der Waals surface area (Å²) in [5.74, 6) is -0.714. The number of alkyl halides is 3. The molecule has 0 radical (unpaired) electrons. The van der Waals surface area contributed by atoms with E-state index in [0.717, 1.165) is 12.1 Å². The highest BCUT2D eigenvalue weighted by Crippen LogP contribution is 2.30. The maximum Gasteiger partial charge on any atom is 0.416 e. The average molecular weight is 419 g/mol. The Morgan fingerprint density at radius 3 is 2.37 bits per heavy atom. The number of carbonyl (C=O) groups excluding carboxylic acids is 1. The third kappa shape index (κ3) is 5.31. The number of benzene rings is 2. The van der Waals surface area contributed by atoms with Crippen LogP contribution in [0.4, 0.5) is 23.2 Å². The minimum Gasteiger partial charge on any atom is -0.467 e. The summed E-state index contributed by atoms with van der Waals surface area (Å²) in [6.45, 7) is 2.88. The number of ether oxygens (including phenoxy) is 1. The fourth-order valence-electron chi connectivity index (χ4n) is 2.56. The van der Waals surface area contributed by atoms with Crippen LogP contribution in [0.5, 0.6) is 5.88 Å². The van der Waals surface area contributed by atoms with E-state index in [-0.39, 0.29) is 17.4 Å². The first-order valence-corrected chi connectivity index (χ1v) is 8.84. The van der Waals surface area contributed by atoms with Crippen molar-refractivity contribution in [1.29, 1.82) is 0 Å². The van der Waals surface area contributed by atoms with Gasteiger partial charge in [-0.15, -0.1) is 0 Å². The summed E-state index contributed by atoms with van der Waals surface area (Å²) in [5.41, 5.74) is 0.846. The Labute approximate surface area is 169 Å². The van der Waals surface area contributed by atoms with E-state index >= 15 is 0 Å². The Balaban J connectivity index is 1.69. The first-order valence-electron chi connectivity index (χ1n) is 8.84. The number of rotatable bonds is 5. The summed E-state index contributed by atoms with van der Waals surface area (Å²) in [5, 5.41) is 2.51. The minimum absolute atomic E-state index is 0.0858. The second kappa shape index (κ2) is 8.48. The number of hydrogen-bond donors (Lipinski definition) is 1. The molecule has 0 fully saturated rings. The number of carbonyl (C=O) groups is 1. The molecule has 5 nitrogen and oxygen atoms in total. The number of amides is 1. The van der Waals surface area contributed by atoms with Crippen molar-refractivity contribution in [3.63, 3.8) is 0 Å². The normalized spacial score (nSPS) is 11.3. The van der Waals surface area contributed by atoms with Gasteiger partial charge >= 0.3 is 6.18 Å². The van der Waals surface area contributed by atoms with Crippen LogP contribution in [-0.4, -0.2) is 22.5 Å². The summed E-state index contributed by atoms with van der Waals surface area (Å²) in [6, 6.07) is 10.2. The molecule has 156 valence electrons. The topological polar surface area (TPSA) is 64.1 Å². The van der Waals surface area contributed by atoms with Crippen molar-refractivity contribution in [1.82, 2.24) is 9.97 Å². The molecule has 0 saturated carbocycles.